The number of hydrogen-bond acceptors (Lipinski definition) is 4. The number of fused-ring (bicyclic) bond motifs is 1. The van der Waals surface area contributed by atoms with E-state index in [1.165, 1.54) is 18.2 Å². The maximum atomic E-state index is 11.5. The zero-order valence-corrected chi connectivity index (χ0v) is 12.6. The zero-order chi connectivity index (χ0) is 14.8. The van der Waals surface area contributed by atoms with Crippen LogP contribution in [0.4, 0.5) is 0 Å². The van der Waals surface area contributed by atoms with E-state index in [0.717, 1.165) is 25.0 Å². The summed E-state index contributed by atoms with van der Waals surface area (Å²) in [7, 11) is 3.08. The lowest BCUT2D eigenvalue weighted by molar-refractivity contribution is -0.142. The van der Waals surface area contributed by atoms with Crippen molar-refractivity contribution in [2.24, 2.45) is 0 Å². The highest BCUT2D eigenvalue weighted by Crippen LogP contribution is 2.28. The molecule has 0 unspecified atom stereocenters. The molecule has 1 aliphatic rings. The first-order valence-electron chi connectivity index (χ1n) is 6.81. The predicted molar refractivity (Wildman–Crippen MR) is 75.3 cm³/mol. The molecule has 0 atom stereocenters. The summed E-state index contributed by atoms with van der Waals surface area (Å²) in [6.07, 6.45) is 6.95. The fourth-order valence-corrected chi connectivity index (χ4v) is 2.50. The Morgan fingerprint density at radius 1 is 1.45 bits per heavy atom. The molecule has 0 aromatic carbocycles. The Balaban J connectivity index is 2.20. The van der Waals surface area contributed by atoms with Gasteiger partial charge in [0.05, 0.1) is 38.1 Å². The Hall–Kier alpha value is -1.78. The lowest BCUT2D eigenvalue weighted by Gasteiger charge is -2.23. The van der Waals surface area contributed by atoms with Crippen LogP contribution in [0.3, 0.4) is 0 Å². The van der Waals surface area contributed by atoms with E-state index in [-0.39, 0.29) is 11.5 Å². The summed E-state index contributed by atoms with van der Waals surface area (Å²) in [6.45, 7) is 3.99. The third-order valence-corrected chi connectivity index (χ3v) is 3.69. The van der Waals surface area contributed by atoms with Crippen molar-refractivity contribution in [1.29, 1.82) is 0 Å². The van der Waals surface area contributed by atoms with Gasteiger partial charge >= 0.3 is 5.97 Å². The van der Waals surface area contributed by atoms with E-state index in [9.17, 15) is 4.79 Å². The smallest absolute Gasteiger partial charge is 0.307 e. The van der Waals surface area contributed by atoms with E-state index in [4.69, 9.17) is 9.47 Å². The highest BCUT2D eigenvalue weighted by atomic mass is 16.5. The number of ether oxygens (including phenoxy) is 2. The maximum Gasteiger partial charge on any atom is 0.307 e. The average molecular weight is 278 g/mol. The van der Waals surface area contributed by atoms with Crippen molar-refractivity contribution in [3.63, 3.8) is 0 Å². The van der Waals surface area contributed by atoms with Crippen LogP contribution in [-0.4, -0.2) is 30.0 Å². The van der Waals surface area contributed by atoms with Crippen molar-refractivity contribution in [2.45, 2.75) is 45.1 Å². The van der Waals surface area contributed by atoms with Crippen LogP contribution in [-0.2, 0) is 32.6 Å². The van der Waals surface area contributed by atoms with Gasteiger partial charge < -0.3 is 9.47 Å². The number of aryl methyl sites for hydroxylation is 1. The number of hydrogen-bond donors (Lipinski definition) is 0. The largest absolute Gasteiger partial charge is 0.504 e. The van der Waals surface area contributed by atoms with Crippen LogP contribution in [0.15, 0.2) is 18.0 Å². The van der Waals surface area contributed by atoms with Crippen molar-refractivity contribution in [3.05, 3.63) is 29.3 Å². The zero-order valence-electron chi connectivity index (χ0n) is 12.6. The number of aromatic nitrogens is 2. The topological polar surface area (TPSA) is 53.4 Å². The van der Waals surface area contributed by atoms with Crippen LogP contribution in [0.1, 0.15) is 37.9 Å². The Bertz CT molecular complexity index is 529. The molecule has 0 spiro atoms. The van der Waals surface area contributed by atoms with Gasteiger partial charge in [-0.3, -0.25) is 9.48 Å². The minimum atomic E-state index is -0.379. The molecule has 0 N–H and O–H groups in total. The molecule has 1 aromatic rings. The van der Waals surface area contributed by atoms with E-state index in [1.54, 1.807) is 7.11 Å². The number of rotatable bonds is 4. The molecule has 1 aromatic heterocycles. The molecular weight excluding hydrogens is 256 g/mol. The molecule has 5 heteroatoms. The highest BCUT2D eigenvalue weighted by Gasteiger charge is 2.28. The van der Waals surface area contributed by atoms with Crippen molar-refractivity contribution in [1.82, 2.24) is 9.78 Å². The molecular formula is C15H22N2O3. The van der Waals surface area contributed by atoms with Crippen LogP contribution >= 0.6 is 0 Å². The van der Waals surface area contributed by atoms with Gasteiger partial charge in [-0.05, 0) is 37.8 Å². The first-order chi connectivity index (χ1) is 9.46. The molecule has 20 heavy (non-hydrogen) atoms. The van der Waals surface area contributed by atoms with E-state index in [0.29, 0.717) is 6.42 Å². The summed E-state index contributed by atoms with van der Waals surface area (Å²) in [5, 5.41) is 4.65. The van der Waals surface area contributed by atoms with Crippen LogP contribution < -0.4 is 0 Å². The molecule has 0 fully saturated rings. The number of methoxy groups -OCH3 is 2. The molecule has 1 aliphatic carbocycles. The molecule has 110 valence electrons. The van der Waals surface area contributed by atoms with E-state index in [2.05, 4.69) is 5.10 Å². The second kappa shape index (κ2) is 5.69. The molecule has 5 nitrogen and oxygen atoms in total. The summed E-state index contributed by atoms with van der Waals surface area (Å²) in [5.41, 5.74) is 3.24. The maximum absolute atomic E-state index is 11.5. The summed E-state index contributed by atoms with van der Waals surface area (Å²) >= 11 is 0. The van der Waals surface area contributed by atoms with Gasteiger partial charge in [0.25, 0.3) is 0 Å². The molecule has 0 radical (unpaired) electrons. The van der Waals surface area contributed by atoms with E-state index in [1.807, 2.05) is 31.0 Å². The molecule has 0 amide bonds. The Labute approximate surface area is 119 Å². The number of esters is 1. The molecule has 0 bridgehead atoms. The Kier molecular flexibility index (Phi) is 4.16. The van der Waals surface area contributed by atoms with Crippen LogP contribution in [0.2, 0.25) is 0 Å². The molecule has 0 saturated carbocycles. The fraction of sp³-hybridized carbons (Fsp3) is 0.600. The number of carbonyl (C=O) groups is 1. The second-order valence-corrected chi connectivity index (χ2v) is 5.80. The second-order valence-electron chi connectivity index (χ2n) is 5.80. The lowest BCUT2D eigenvalue weighted by atomic mass is 9.94. The summed E-state index contributed by atoms with van der Waals surface area (Å²) in [4.78, 5) is 11.5. The van der Waals surface area contributed by atoms with Gasteiger partial charge in [-0.15, -0.1) is 0 Å². The van der Waals surface area contributed by atoms with Gasteiger partial charge in [0.1, 0.15) is 0 Å². The molecule has 2 rings (SSSR count). The van der Waals surface area contributed by atoms with Gasteiger partial charge in [-0.25, -0.2) is 0 Å². The third-order valence-electron chi connectivity index (χ3n) is 3.69. The molecule has 0 saturated heterocycles. The molecule has 1 heterocycles. The first kappa shape index (κ1) is 14.6. The van der Waals surface area contributed by atoms with Gasteiger partial charge in [0.15, 0.2) is 0 Å². The number of allylic oxidation sites excluding steroid dienone is 1. The quantitative estimate of drug-likeness (QED) is 0.626. The SMILES string of the molecule is CO/C=C1\CCc2nn(C(C)(C)CC(=O)OC)cc2C1. The van der Waals surface area contributed by atoms with E-state index >= 15 is 0 Å². The van der Waals surface area contributed by atoms with Crippen molar-refractivity contribution >= 4 is 5.97 Å². The fourth-order valence-electron chi connectivity index (χ4n) is 2.50. The third kappa shape index (κ3) is 3.03. The summed E-state index contributed by atoms with van der Waals surface area (Å²) in [6, 6.07) is 0. The highest BCUT2D eigenvalue weighted by molar-refractivity contribution is 5.70. The summed E-state index contributed by atoms with van der Waals surface area (Å²) in [5.74, 6) is -0.219. The monoisotopic (exact) mass is 278 g/mol. The Morgan fingerprint density at radius 2 is 2.20 bits per heavy atom. The normalized spacial score (nSPS) is 16.9. The van der Waals surface area contributed by atoms with E-state index < -0.39 is 0 Å². The average Bonchev–Trinajstić information content (AvgIpc) is 2.82. The minimum absolute atomic E-state index is 0.219. The van der Waals surface area contributed by atoms with Gasteiger partial charge in [0.2, 0.25) is 0 Å². The standard InChI is InChI=1S/C15H22N2O3/c1-15(2,8-14(18)20-4)17-9-12-7-11(10-19-3)5-6-13(12)16-17/h9-10H,5-8H2,1-4H3/b11-10+. The Morgan fingerprint density at radius 3 is 2.85 bits per heavy atom. The number of nitrogens with zero attached hydrogens (tertiary/aromatic N) is 2. The van der Waals surface area contributed by atoms with Gasteiger partial charge in [-0.1, -0.05) is 0 Å². The van der Waals surface area contributed by atoms with Gasteiger partial charge in [0, 0.05) is 12.6 Å². The van der Waals surface area contributed by atoms with Gasteiger partial charge in [-0.2, -0.15) is 5.10 Å². The van der Waals surface area contributed by atoms with Crippen LogP contribution in [0.25, 0.3) is 0 Å². The van der Waals surface area contributed by atoms with Crippen molar-refractivity contribution < 1.29 is 14.3 Å². The summed E-state index contributed by atoms with van der Waals surface area (Å²) < 4.78 is 11.7. The van der Waals surface area contributed by atoms with Crippen molar-refractivity contribution in [2.75, 3.05) is 14.2 Å². The van der Waals surface area contributed by atoms with Crippen LogP contribution in [0.5, 0.6) is 0 Å². The number of carbonyl (C=O) groups excluding carboxylic acids is 1. The van der Waals surface area contributed by atoms with Crippen LogP contribution in [0, 0.1) is 0 Å². The lowest BCUT2D eigenvalue weighted by Crippen LogP contribution is -2.30. The first-order valence-corrected chi connectivity index (χ1v) is 6.81. The minimum Gasteiger partial charge on any atom is -0.504 e. The van der Waals surface area contributed by atoms with Crippen molar-refractivity contribution in [3.8, 4) is 0 Å². The predicted octanol–water partition coefficient (Wildman–Crippen LogP) is 2.20. The molecule has 0 aliphatic heterocycles.